The van der Waals surface area contributed by atoms with Crippen LogP contribution < -0.4 is 10.6 Å². The minimum atomic E-state index is 0.183. The number of benzene rings is 2. The molecule has 0 aliphatic carbocycles. The van der Waals surface area contributed by atoms with Gasteiger partial charge in [-0.2, -0.15) is 4.98 Å². The Morgan fingerprint density at radius 1 is 0.967 bits per heavy atom. The van der Waals surface area contributed by atoms with Crippen LogP contribution in [0.1, 0.15) is 12.8 Å². The van der Waals surface area contributed by atoms with Crippen molar-refractivity contribution in [1.82, 2.24) is 15.0 Å². The Morgan fingerprint density at radius 2 is 1.73 bits per heavy atom. The summed E-state index contributed by atoms with van der Waals surface area (Å²) in [4.78, 5) is 16.1. The molecule has 4 aromatic rings. The Balaban J connectivity index is 1.29. The number of hydrogen-bond donors (Lipinski definition) is 1. The van der Waals surface area contributed by atoms with E-state index in [4.69, 9.17) is 15.1 Å². The van der Waals surface area contributed by atoms with Crippen molar-refractivity contribution in [2.75, 3.05) is 23.7 Å². The normalized spacial score (nSPS) is 16.8. The standard InChI is InChI=1S/C23H21N6O/c24-23-27-20-13-16(3-5-21(20)30-23)15-2-4-18-19(12-15)26-22(14-25-18)29-10-6-17(7-11-29)28-8-1-9-28/h1-5,8-9,12-14,17H,6-7,10-11H2,(H2,24,27)/q+1. The SMILES string of the molecule is Nc1nc2cc(-c3ccc4ncc(N5CCC([N+]6=CC=C6)CC5)nc4c3)ccc2o1. The highest BCUT2D eigenvalue weighted by atomic mass is 16.4. The van der Waals surface area contributed by atoms with Gasteiger partial charge in [0.1, 0.15) is 11.3 Å². The summed E-state index contributed by atoms with van der Waals surface area (Å²) in [5.41, 5.74) is 11.0. The number of anilines is 2. The first-order chi connectivity index (χ1) is 14.7. The molecule has 1 fully saturated rings. The quantitative estimate of drug-likeness (QED) is 0.532. The highest BCUT2D eigenvalue weighted by molar-refractivity contribution is 5.86. The van der Waals surface area contributed by atoms with Crippen molar-refractivity contribution in [3.8, 4) is 11.1 Å². The number of fused-ring (bicyclic) bond motifs is 2. The molecule has 2 aromatic heterocycles. The van der Waals surface area contributed by atoms with E-state index in [1.54, 1.807) is 0 Å². The molecule has 0 atom stereocenters. The highest BCUT2D eigenvalue weighted by Crippen LogP contribution is 2.28. The number of nitrogen functional groups attached to an aromatic ring is 1. The lowest BCUT2D eigenvalue weighted by atomic mass is 10.0. The van der Waals surface area contributed by atoms with Crippen molar-refractivity contribution in [3.63, 3.8) is 0 Å². The number of rotatable bonds is 3. The van der Waals surface area contributed by atoms with Crippen LogP contribution >= 0.6 is 0 Å². The Morgan fingerprint density at radius 3 is 2.50 bits per heavy atom. The average Bonchev–Trinajstić information content (AvgIpc) is 3.11. The number of piperidine rings is 1. The van der Waals surface area contributed by atoms with E-state index >= 15 is 0 Å². The third-order valence-electron chi connectivity index (χ3n) is 5.99. The van der Waals surface area contributed by atoms with Gasteiger partial charge in [-0.3, -0.25) is 4.98 Å². The molecule has 0 unspecified atom stereocenters. The largest absolute Gasteiger partial charge is 0.424 e. The first-order valence-corrected chi connectivity index (χ1v) is 10.2. The second-order valence-corrected chi connectivity index (χ2v) is 7.82. The molecule has 0 saturated carbocycles. The smallest absolute Gasteiger partial charge is 0.292 e. The lowest BCUT2D eigenvalue weighted by Crippen LogP contribution is -2.41. The molecule has 6 rings (SSSR count). The number of nitrogens with zero attached hydrogens (tertiary/aromatic N) is 5. The Hall–Kier alpha value is -3.74. The fraction of sp³-hybridized carbons (Fsp3) is 0.217. The van der Waals surface area contributed by atoms with Gasteiger partial charge in [-0.1, -0.05) is 12.1 Å². The third kappa shape index (κ3) is 2.90. The van der Waals surface area contributed by atoms with Gasteiger partial charge < -0.3 is 15.1 Å². The number of oxazole rings is 1. The second-order valence-electron chi connectivity index (χ2n) is 7.82. The fourth-order valence-electron chi connectivity index (χ4n) is 4.28. The Labute approximate surface area is 173 Å². The van der Waals surface area contributed by atoms with Crippen LogP contribution in [0, 0.1) is 0 Å². The van der Waals surface area contributed by atoms with E-state index in [9.17, 15) is 0 Å². The summed E-state index contributed by atoms with van der Waals surface area (Å²) >= 11 is 0. The van der Waals surface area contributed by atoms with Crippen molar-refractivity contribution in [2.24, 2.45) is 0 Å². The van der Waals surface area contributed by atoms with Crippen molar-refractivity contribution < 1.29 is 8.99 Å². The monoisotopic (exact) mass is 397 g/mol. The van der Waals surface area contributed by atoms with E-state index in [2.05, 4.69) is 50.1 Å². The highest BCUT2D eigenvalue weighted by Gasteiger charge is 2.28. The minimum Gasteiger partial charge on any atom is -0.424 e. The molecular weight excluding hydrogens is 376 g/mol. The molecule has 2 aliphatic rings. The van der Waals surface area contributed by atoms with E-state index in [-0.39, 0.29) is 6.01 Å². The molecule has 1 saturated heterocycles. The summed E-state index contributed by atoms with van der Waals surface area (Å²) in [7, 11) is 0. The topological polar surface area (TPSA) is 84.1 Å². The van der Waals surface area contributed by atoms with E-state index in [0.717, 1.165) is 59.4 Å². The maximum atomic E-state index is 5.67. The summed E-state index contributed by atoms with van der Waals surface area (Å²) in [5.74, 6) is 0.945. The van der Waals surface area contributed by atoms with Gasteiger partial charge in [0.25, 0.3) is 6.01 Å². The third-order valence-corrected chi connectivity index (χ3v) is 5.99. The summed E-state index contributed by atoms with van der Waals surface area (Å²) in [5, 5.41) is 0. The zero-order valence-electron chi connectivity index (χ0n) is 16.4. The van der Waals surface area contributed by atoms with Gasteiger partial charge in [-0.25, -0.2) is 9.56 Å². The van der Waals surface area contributed by atoms with Gasteiger partial charge in [-0.05, 0) is 35.4 Å². The summed E-state index contributed by atoms with van der Waals surface area (Å²) in [6, 6.07) is 12.8. The van der Waals surface area contributed by atoms with Crippen LogP contribution in [0.15, 0.2) is 59.3 Å². The van der Waals surface area contributed by atoms with Crippen molar-refractivity contribution in [1.29, 1.82) is 0 Å². The molecule has 2 aromatic carbocycles. The zero-order valence-corrected chi connectivity index (χ0v) is 16.4. The molecule has 0 spiro atoms. The number of nitrogens with two attached hydrogens (primary N) is 1. The van der Waals surface area contributed by atoms with Crippen molar-refractivity contribution in [2.45, 2.75) is 18.9 Å². The molecule has 7 heteroatoms. The molecule has 7 nitrogen and oxygen atoms in total. The second kappa shape index (κ2) is 6.66. The van der Waals surface area contributed by atoms with Gasteiger partial charge in [-0.15, -0.1) is 0 Å². The van der Waals surface area contributed by atoms with E-state index in [1.165, 1.54) is 0 Å². The van der Waals surface area contributed by atoms with Crippen LogP contribution in [-0.4, -0.2) is 44.9 Å². The minimum absolute atomic E-state index is 0.183. The van der Waals surface area contributed by atoms with Crippen molar-refractivity contribution in [3.05, 3.63) is 54.9 Å². The summed E-state index contributed by atoms with van der Waals surface area (Å²) in [6.07, 6.45) is 10.5. The predicted molar refractivity (Wildman–Crippen MR) is 118 cm³/mol. The van der Waals surface area contributed by atoms with Crippen LogP contribution in [0.4, 0.5) is 11.8 Å². The van der Waals surface area contributed by atoms with E-state index < -0.39 is 0 Å². The first kappa shape index (κ1) is 17.1. The van der Waals surface area contributed by atoms with Crippen LogP contribution in [0.3, 0.4) is 0 Å². The van der Waals surface area contributed by atoms with Crippen LogP contribution in [0.2, 0.25) is 0 Å². The molecule has 30 heavy (non-hydrogen) atoms. The first-order valence-electron chi connectivity index (χ1n) is 10.2. The lowest BCUT2D eigenvalue weighted by Gasteiger charge is -2.31. The van der Waals surface area contributed by atoms with Crippen LogP contribution in [0.5, 0.6) is 0 Å². The molecule has 0 amide bonds. The maximum absolute atomic E-state index is 5.67. The molecule has 148 valence electrons. The molecule has 2 aliphatic heterocycles. The zero-order chi connectivity index (χ0) is 20.1. The van der Waals surface area contributed by atoms with Gasteiger partial charge in [0.2, 0.25) is 0 Å². The van der Waals surface area contributed by atoms with E-state index in [1.807, 2.05) is 30.5 Å². The molecule has 4 heterocycles. The molecular formula is C23H21N6O+. The van der Waals surface area contributed by atoms with Gasteiger partial charge in [0.15, 0.2) is 24.0 Å². The van der Waals surface area contributed by atoms with Crippen LogP contribution in [0.25, 0.3) is 33.3 Å². The number of allylic oxidation sites excluding steroid dienone is 1. The molecule has 2 N–H and O–H groups in total. The van der Waals surface area contributed by atoms with Crippen molar-refractivity contribution >= 4 is 40.2 Å². The maximum Gasteiger partial charge on any atom is 0.292 e. The Kier molecular flexibility index (Phi) is 3.80. The number of hydrogen-bond acceptors (Lipinski definition) is 6. The van der Waals surface area contributed by atoms with E-state index in [0.29, 0.717) is 11.6 Å². The number of aromatic nitrogens is 3. The van der Waals surface area contributed by atoms with Gasteiger partial charge >= 0.3 is 0 Å². The molecule has 0 radical (unpaired) electrons. The van der Waals surface area contributed by atoms with Gasteiger partial charge in [0, 0.05) is 25.9 Å². The molecule has 0 bridgehead atoms. The summed E-state index contributed by atoms with van der Waals surface area (Å²) in [6.45, 7) is 1.99. The predicted octanol–water partition coefficient (Wildman–Crippen LogP) is 3.60. The summed E-state index contributed by atoms with van der Waals surface area (Å²) < 4.78 is 7.69. The van der Waals surface area contributed by atoms with Crippen LogP contribution in [-0.2, 0) is 0 Å². The van der Waals surface area contributed by atoms with Gasteiger partial charge in [0.05, 0.1) is 23.3 Å². The lowest BCUT2D eigenvalue weighted by molar-refractivity contribution is -0.507. The fourth-order valence-corrected chi connectivity index (χ4v) is 4.28. The Bertz CT molecular complexity index is 1330. The average molecular weight is 397 g/mol.